The summed E-state index contributed by atoms with van der Waals surface area (Å²) in [5.74, 6) is -1.48. The number of ether oxygens (including phenoxy) is 1. The highest BCUT2D eigenvalue weighted by Gasteiger charge is 2.32. The highest BCUT2D eigenvalue weighted by atomic mass is 19.4. The van der Waals surface area contributed by atoms with E-state index in [2.05, 4.69) is 25.4 Å². The van der Waals surface area contributed by atoms with Crippen LogP contribution < -0.4 is 10.1 Å². The van der Waals surface area contributed by atoms with Gasteiger partial charge in [0.1, 0.15) is 5.75 Å². The maximum absolute atomic E-state index is 13.1. The number of carboxylic acids is 1. The quantitative estimate of drug-likeness (QED) is 0.123. The van der Waals surface area contributed by atoms with Crippen molar-refractivity contribution in [2.45, 2.75) is 25.3 Å². The normalized spacial score (nSPS) is 11.6. The third-order valence-corrected chi connectivity index (χ3v) is 7.93. The minimum Gasteiger partial charge on any atom is -0.497 e. The lowest BCUT2D eigenvalue weighted by Crippen LogP contribution is -2.13. The second-order valence-corrected chi connectivity index (χ2v) is 11.4. The van der Waals surface area contributed by atoms with E-state index in [-0.39, 0.29) is 28.3 Å². The summed E-state index contributed by atoms with van der Waals surface area (Å²) in [7, 11) is 1.62. The number of hydrogen-bond donors (Lipinski definition) is 3. The minimum absolute atomic E-state index is 0.0136. The number of amides is 1. The van der Waals surface area contributed by atoms with E-state index in [1.807, 2.05) is 24.4 Å². The van der Waals surface area contributed by atoms with E-state index < -0.39 is 41.0 Å². The number of methoxy groups -OCH3 is 1. The summed E-state index contributed by atoms with van der Waals surface area (Å²) in [6.07, 6.45) is -1.35. The molecule has 0 atom stereocenters. The van der Waals surface area contributed by atoms with Crippen molar-refractivity contribution in [3.8, 4) is 28.4 Å². The molecule has 54 heavy (non-hydrogen) atoms. The molecule has 0 saturated carbocycles. The lowest BCUT2D eigenvalue weighted by molar-refractivity contribution is -0.138. The van der Waals surface area contributed by atoms with Crippen molar-refractivity contribution in [1.82, 2.24) is 24.7 Å². The van der Waals surface area contributed by atoms with Gasteiger partial charge in [-0.2, -0.15) is 31.4 Å². The second kappa shape index (κ2) is 15.0. The summed E-state index contributed by atoms with van der Waals surface area (Å²) in [6, 6.07) is 14.5. The molecule has 18 heteroatoms. The van der Waals surface area contributed by atoms with E-state index in [4.69, 9.17) is 18.7 Å². The van der Waals surface area contributed by atoms with Crippen LogP contribution in [0.4, 0.5) is 32.0 Å². The Morgan fingerprint density at radius 2 is 1.48 bits per heavy atom. The number of fused-ring (bicyclic) bond motifs is 1. The van der Waals surface area contributed by atoms with Crippen molar-refractivity contribution in [2.24, 2.45) is 0 Å². The molecule has 7 rings (SSSR count). The lowest BCUT2D eigenvalue weighted by Gasteiger charge is -2.08. The Hall–Kier alpha value is -6.85. The molecule has 0 radical (unpaired) electrons. The molecule has 4 heterocycles. The Labute approximate surface area is 300 Å². The number of H-pyrrole nitrogens is 1. The lowest BCUT2D eigenvalue weighted by atomic mass is 10.1. The van der Waals surface area contributed by atoms with Crippen molar-refractivity contribution in [3.63, 3.8) is 0 Å². The highest BCUT2D eigenvalue weighted by Crippen LogP contribution is 2.34. The molecule has 12 nitrogen and oxygen atoms in total. The molecule has 0 aliphatic heterocycles. The number of nitrogens with one attached hydrogen (secondary N) is 2. The van der Waals surface area contributed by atoms with Crippen molar-refractivity contribution in [2.75, 3.05) is 12.4 Å². The summed E-state index contributed by atoms with van der Waals surface area (Å²) in [5, 5.41) is 16.8. The number of halogens is 6. The van der Waals surface area contributed by atoms with Crippen LogP contribution in [0.15, 0.2) is 107 Å². The Kier molecular flexibility index (Phi) is 10.3. The standard InChI is InChI=1S/C25H20F3N5O3.C11H6F3NO3/c1-35-19-5-6-21-20(10-19)16(11-29-21)7-8-33-13-18(12-31-33)32-24(34)22-23(36-14-30-22)15-3-2-4-17(9-15)25(26,27)28;12-11(13,14)7-3-1-2-6(4-7)9-8(10(16)17)15-5-18-9/h2-6,9-14,29H,7-8H2,1H3,(H,32,34);1-5H,(H,16,17). The molecule has 1 amide bonds. The Morgan fingerprint density at radius 3 is 2.07 bits per heavy atom. The van der Waals surface area contributed by atoms with Crippen LogP contribution >= 0.6 is 0 Å². The molecule has 0 fully saturated rings. The fourth-order valence-corrected chi connectivity index (χ4v) is 5.36. The Bertz CT molecular complexity index is 2430. The number of aromatic amines is 1. The number of aromatic carboxylic acids is 1. The SMILES string of the molecule is COc1ccc2[nH]cc(CCn3cc(NC(=O)c4ncoc4-c4cccc(C(F)(F)F)c4)cn3)c2c1.O=C(O)c1ncoc1-c1cccc(C(F)(F)F)c1. The van der Waals surface area contributed by atoms with Crippen LogP contribution in [0.25, 0.3) is 33.6 Å². The third-order valence-electron chi connectivity index (χ3n) is 7.93. The molecular formula is C36H26F6N6O6. The van der Waals surface area contributed by atoms with Gasteiger partial charge in [0.15, 0.2) is 35.7 Å². The highest BCUT2D eigenvalue weighted by molar-refractivity contribution is 6.06. The number of carboxylic acid groups (broad SMARTS) is 1. The number of oxazole rings is 2. The van der Waals surface area contributed by atoms with Crippen LogP contribution in [0.2, 0.25) is 0 Å². The van der Waals surface area contributed by atoms with Crippen LogP contribution in [-0.4, -0.2) is 48.8 Å². The number of aryl methyl sites for hydroxylation is 2. The molecule has 0 aliphatic carbocycles. The van der Waals surface area contributed by atoms with E-state index in [9.17, 15) is 35.9 Å². The number of nitrogens with zero attached hydrogens (tertiary/aromatic N) is 4. The average molecular weight is 753 g/mol. The molecule has 0 aliphatic rings. The summed E-state index contributed by atoms with van der Waals surface area (Å²) in [5.41, 5.74) is 0.341. The maximum atomic E-state index is 13.1. The van der Waals surface area contributed by atoms with E-state index >= 15 is 0 Å². The minimum atomic E-state index is -4.52. The number of hydrogen-bond acceptors (Lipinski definition) is 8. The molecule has 3 N–H and O–H groups in total. The summed E-state index contributed by atoms with van der Waals surface area (Å²) >= 11 is 0. The zero-order chi connectivity index (χ0) is 38.6. The first-order valence-corrected chi connectivity index (χ1v) is 15.6. The largest absolute Gasteiger partial charge is 0.497 e. The number of rotatable bonds is 9. The van der Waals surface area contributed by atoms with Crippen molar-refractivity contribution < 1.29 is 54.6 Å². The number of anilines is 1. The molecule has 0 bridgehead atoms. The molecule has 278 valence electrons. The van der Waals surface area contributed by atoms with Crippen LogP contribution in [0, 0.1) is 0 Å². The van der Waals surface area contributed by atoms with Gasteiger partial charge in [-0.15, -0.1) is 0 Å². The summed E-state index contributed by atoms with van der Waals surface area (Å²) in [4.78, 5) is 34.2. The number of carbonyl (C=O) groups excluding carboxylic acids is 1. The molecule has 3 aromatic carbocycles. The third kappa shape index (κ3) is 8.27. The Balaban J connectivity index is 0.000000232. The molecule has 7 aromatic rings. The predicted octanol–water partition coefficient (Wildman–Crippen LogP) is 8.60. The van der Waals surface area contributed by atoms with Gasteiger partial charge in [-0.25, -0.2) is 14.8 Å². The van der Waals surface area contributed by atoms with Crippen LogP contribution in [0.3, 0.4) is 0 Å². The maximum Gasteiger partial charge on any atom is 0.416 e. The smallest absolute Gasteiger partial charge is 0.416 e. The van der Waals surface area contributed by atoms with E-state index in [0.29, 0.717) is 18.7 Å². The summed E-state index contributed by atoms with van der Waals surface area (Å²) < 4.78 is 93.8. The van der Waals surface area contributed by atoms with Gasteiger partial charge in [0.05, 0.1) is 30.1 Å². The predicted molar refractivity (Wildman–Crippen MR) is 180 cm³/mol. The van der Waals surface area contributed by atoms with Gasteiger partial charge in [-0.05, 0) is 54.4 Å². The van der Waals surface area contributed by atoms with Gasteiger partial charge in [0.25, 0.3) is 5.91 Å². The van der Waals surface area contributed by atoms with Crippen molar-refractivity contribution >= 4 is 28.5 Å². The van der Waals surface area contributed by atoms with Crippen LogP contribution in [0.1, 0.15) is 37.7 Å². The summed E-state index contributed by atoms with van der Waals surface area (Å²) in [6.45, 7) is 0.555. The van der Waals surface area contributed by atoms with Gasteiger partial charge in [0, 0.05) is 41.0 Å². The first kappa shape index (κ1) is 36.9. The van der Waals surface area contributed by atoms with Crippen molar-refractivity contribution in [3.05, 3.63) is 126 Å². The second-order valence-electron chi connectivity index (χ2n) is 11.4. The number of aromatic nitrogens is 5. The van der Waals surface area contributed by atoms with Gasteiger partial charge in [-0.3, -0.25) is 9.48 Å². The van der Waals surface area contributed by atoms with Gasteiger partial charge < -0.3 is 29.0 Å². The molecular weight excluding hydrogens is 726 g/mol. The van der Waals surface area contributed by atoms with Gasteiger partial charge >= 0.3 is 18.3 Å². The average Bonchev–Trinajstić information content (AvgIpc) is 3.97. The van der Waals surface area contributed by atoms with E-state index in [1.165, 1.54) is 30.5 Å². The van der Waals surface area contributed by atoms with Crippen LogP contribution in [-0.2, 0) is 25.3 Å². The van der Waals surface area contributed by atoms with E-state index in [1.54, 1.807) is 18.0 Å². The van der Waals surface area contributed by atoms with E-state index in [0.717, 1.165) is 59.3 Å². The fraction of sp³-hybridized carbons (Fsp3) is 0.139. The number of alkyl halides is 6. The van der Waals surface area contributed by atoms with Gasteiger partial charge in [-0.1, -0.05) is 24.3 Å². The van der Waals surface area contributed by atoms with Crippen LogP contribution in [0.5, 0.6) is 5.75 Å². The van der Waals surface area contributed by atoms with Crippen molar-refractivity contribution in [1.29, 1.82) is 0 Å². The number of carbonyl (C=O) groups is 2. The first-order chi connectivity index (χ1) is 25.7. The van der Waals surface area contributed by atoms with Gasteiger partial charge in [0.2, 0.25) is 0 Å². The Morgan fingerprint density at radius 1 is 0.870 bits per heavy atom. The zero-order valence-corrected chi connectivity index (χ0v) is 27.7. The topological polar surface area (TPSA) is 161 Å². The molecule has 4 aromatic heterocycles. The monoisotopic (exact) mass is 752 g/mol. The molecule has 0 spiro atoms. The fourth-order valence-electron chi connectivity index (χ4n) is 5.36. The molecule has 0 unspecified atom stereocenters. The zero-order valence-electron chi connectivity index (χ0n) is 27.7. The first-order valence-electron chi connectivity index (χ1n) is 15.6. The number of benzene rings is 3. The molecule has 0 saturated heterocycles.